The van der Waals surface area contributed by atoms with E-state index in [1.54, 1.807) is 14.2 Å². The van der Waals surface area contributed by atoms with Gasteiger partial charge in [0.15, 0.2) is 5.96 Å². The van der Waals surface area contributed by atoms with E-state index in [1.807, 2.05) is 66.5 Å². The van der Waals surface area contributed by atoms with Crippen molar-refractivity contribution >= 4 is 11.9 Å². The van der Waals surface area contributed by atoms with Gasteiger partial charge in [0.05, 0.1) is 20.2 Å². The van der Waals surface area contributed by atoms with Crippen LogP contribution in [0.4, 0.5) is 0 Å². The number of rotatable bonds is 9. The monoisotopic (exact) mass is 384 g/mol. The summed E-state index contributed by atoms with van der Waals surface area (Å²) >= 11 is 0. The normalized spacial score (nSPS) is 10.9. The topological polar surface area (TPSA) is 75.2 Å². The fourth-order valence-corrected chi connectivity index (χ4v) is 2.47. The number of amides is 1. The summed E-state index contributed by atoms with van der Waals surface area (Å²) in [4.78, 5) is 18.2. The van der Waals surface area contributed by atoms with E-state index in [4.69, 9.17) is 9.47 Å². The minimum atomic E-state index is -0.106. The Morgan fingerprint density at radius 2 is 1.75 bits per heavy atom. The maximum atomic E-state index is 12.1. The predicted molar refractivity (Wildman–Crippen MR) is 111 cm³/mol. The lowest BCUT2D eigenvalue weighted by molar-refractivity contribution is -0.120. The highest BCUT2D eigenvalue weighted by Gasteiger charge is 2.08. The van der Waals surface area contributed by atoms with E-state index in [9.17, 15) is 4.79 Å². The second kappa shape index (κ2) is 11.5. The number of ether oxygens (including phenoxy) is 2. The summed E-state index contributed by atoms with van der Waals surface area (Å²) in [6, 6.07) is 17.2. The number of likely N-dealkylation sites (N-methyl/N-ethyl adjacent to an activating group) is 1. The summed E-state index contributed by atoms with van der Waals surface area (Å²) in [5.41, 5.74) is 1.01. The van der Waals surface area contributed by atoms with Gasteiger partial charge in [-0.1, -0.05) is 30.3 Å². The van der Waals surface area contributed by atoms with Crippen molar-refractivity contribution in [3.63, 3.8) is 0 Å². The Balaban J connectivity index is 1.68. The number of methoxy groups -OCH3 is 1. The van der Waals surface area contributed by atoms with Crippen molar-refractivity contribution in [2.45, 2.75) is 6.54 Å². The Morgan fingerprint density at radius 1 is 1.04 bits per heavy atom. The third kappa shape index (κ3) is 7.19. The molecular formula is C21H28N4O3. The minimum absolute atomic E-state index is 0.106. The van der Waals surface area contributed by atoms with E-state index in [2.05, 4.69) is 15.6 Å². The van der Waals surface area contributed by atoms with Crippen molar-refractivity contribution in [2.24, 2.45) is 4.99 Å². The molecule has 0 aliphatic carbocycles. The molecule has 2 rings (SSSR count). The maximum absolute atomic E-state index is 12.1. The number of hydrogen-bond acceptors (Lipinski definition) is 4. The van der Waals surface area contributed by atoms with Crippen LogP contribution < -0.4 is 20.1 Å². The van der Waals surface area contributed by atoms with Gasteiger partial charge in [0, 0.05) is 20.6 Å². The second-order valence-corrected chi connectivity index (χ2v) is 6.11. The molecule has 0 saturated heterocycles. The van der Waals surface area contributed by atoms with Gasteiger partial charge in [0.2, 0.25) is 5.91 Å². The number of benzene rings is 2. The third-order valence-electron chi connectivity index (χ3n) is 4.07. The molecule has 2 aromatic rings. The molecule has 0 saturated carbocycles. The van der Waals surface area contributed by atoms with Gasteiger partial charge >= 0.3 is 0 Å². The lowest BCUT2D eigenvalue weighted by Gasteiger charge is -2.22. The number of aliphatic imine (C=N–C) groups is 1. The first-order chi connectivity index (χ1) is 13.6. The zero-order valence-corrected chi connectivity index (χ0v) is 16.6. The molecule has 0 atom stereocenters. The number of carbonyl (C=O) groups is 1. The molecule has 0 spiro atoms. The number of hydrogen-bond donors (Lipinski definition) is 2. The van der Waals surface area contributed by atoms with E-state index in [1.165, 1.54) is 0 Å². The van der Waals surface area contributed by atoms with Crippen LogP contribution in [0.5, 0.6) is 11.5 Å². The average Bonchev–Trinajstić information content (AvgIpc) is 2.74. The van der Waals surface area contributed by atoms with E-state index < -0.39 is 0 Å². The lowest BCUT2D eigenvalue weighted by Crippen LogP contribution is -2.45. The van der Waals surface area contributed by atoms with Crippen LogP contribution in [0.2, 0.25) is 0 Å². The van der Waals surface area contributed by atoms with Gasteiger partial charge in [-0.15, -0.1) is 0 Å². The van der Waals surface area contributed by atoms with Crippen LogP contribution in [0.3, 0.4) is 0 Å². The van der Waals surface area contributed by atoms with Gasteiger partial charge in [-0.3, -0.25) is 9.79 Å². The predicted octanol–water partition coefficient (Wildman–Crippen LogP) is 1.90. The summed E-state index contributed by atoms with van der Waals surface area (Å²) < 4.78 is 10.8. The molecule has 0 aliphatic rings. The number of nitrogens with one attached hydrogen (secondary N) is 2. The molecule has 2 N–H and O–H groups in total. The van der Waals surface area contributed by atoms with Crippen LogP contribution >= 0.6 is 0 Å². The van der Waals surface area contributed by atoms with Crippen molar-refractivity contribution in [1.29, 1.82) is 0 Å². The molecule has 0 radical (unpaired) electrons. The molecule has 0 aliphatic heterocycles. The van der Waals surface area contributed by atoms with E-state index in [-0.39, 0.29) is 12.5 Å². The van der Waals surface area contributed by atoms with Gasteiger partial charge in [-0.25, -0.2) is 0 Å². The van der Waals surface area contributed by atoms with Crippen LogP contribution in [0, 0.1) is 0 Å². The Bertz CT molecular complexity index is 748. The first kappa shape index (κ1) is 21.1. The van der Waals surface area contributed by atoms with Crippen molar-refractivity contribution in [3.8, 4) is 11.5 Å². The largest absolute Gasteiger partial charge is 0.497 e. The summed E-state index contributed by atoms with van der Waals surface area (Å²) in [7, 11) is 5.21. The molecule has 1 amide bonds. The smallest absolute Gasteiger partial charge is 0.239 e. The molecule has 2 aromatic carbocycles. The highest BCUT2D eigenvalue weighted by molar-refractivity contribution is 5.86. The fraction of sp³-hybridized carbons (Fsp3) is 0.333. The Kier molecular flexibility index (Phi) is 8.65. The summed E-state index contributed by atoms with van der Waals surface area (Å²) in [5.74, 6) is 2.15. The first-order valence-electron chi connectivity index (χ1n) is 9.11. The number of para-hydroxylation sites is 1. The van der Waals surface area contributed by atoms with Crippen LogP contribution in [-0.2, 0) is 11.3 Å². The molecule has 28 heavy (non-hydrogen) atoms. The zero-order chi connectivity index (χ0) is 20.2. The van der Waals surface area contributed by atoms with Gasteiger partial charge in [0.25, 0.3) is 0 Å². The van der Waals surface area contributed by atoms with Crippen LogP contribution in [0.15, 0.2) is 59.6 Å². The zero-order valence-electron chi connectivity index (χ0n) is 16.6. The van der Waals surface area contributed by atoms with Gasteiger partial charge in [0.1, 0.15) is 18.1 Å². The first-order valence-corrected chi connectivity index (χ1v) is 9.11. The number of nitrogens with zero attached hydrogens (tertiary/aromatic N) is 2. The standard InChI is InChI=1S/C21H28N4O3/c1-22-21(25(2)13-14-28-19-7-5-4-6-8-19)24-16-20(26)23-15-17-9-11-18(27-3)12-10-17/h4-12H,13-16H2,1-3H3,(H,22,24)(H,23,26). The molecule has 7 nitrogen and oxygen atoms in total. The Morgan fingerprint density at radius 3 is 2.39 bits per heavy atom. The van der Waals surface area contributed by atoms with Gasteiger partial charge in [-0.05, 0) is 29.8 Å². The van der Waals surface area contributed by atoms with Crippen molar-refractivity contribution < 1.29 is 14.3 Å². The lowest BCUT2D eigenvalue weighted by atomic mass is 10.2. The van der Waals surface area contributed by atoms with Crippen molar-refractivity contribution in [3.05, 3.63) is 60.2 Å². The van der Waals surface area contributed by atoms with E-state index in [0.29, 0.717) is 25.7 Å². The quantitative estimate of drug-likeness (QED) is 0.510. The maximum Gasteiger partial charge on any atom is 0.239 e. The second-order valence-electron chi connectivity index (χ2n) is 6.11. The number of guanidine groups is 1. The molecule has 7 heteroatoms. The van der Waals surface area contributed by atoms with Crippen LogP contribution in [-0.4, -0.2) is 57.7 Å². The van der Waals surface area contributed by atoms with Gasteiger partial charge in [-0.2, -0.15) is 0 Å². The number of carbonyl (C=O) groups excluding carboxylic acids is 1. The molecule has 0 bridgehead atoms. The van der Waals surface area contributed by atoms with E-state index >= 15 is 0 Å². The van der Waals surface area contributed by atoms with Gasteiger partial charge < -0.3 is 25.0 Å². The summed E-state index contributed by atoms with van der Waals surface area (Å²) in [6.45, 7) is 1.77. The average molecular weight is 384 g/mol. The molecular weight excluding hydrogens is 356 g/mol. The third-order valence-corrected chi connectivity index (χ3v) is 4.07. The Labute approximate surface area is 166 Å². The molecule has 0 heterocycles. The summed E-state index contributed by atoms with van der Waals surface area (Å²) in [5, 5.41) is 5.94. The van der Waals surface area contributed by atoms with Crippen LogP contribution in [0.1, 0.15) is 5.56 Å². The van der Waals surface area contributed by atoms with Crippen molar-refractivity contribution in [2.75, 3.05) is 40.9 Å². The molecule has 0 fully saturated rings. The highest BCUT2D eigenvalue weighted by Crippen LogP contribution is 2.11. The minimum Gasteiger partial charge on any atom is -0.497 e. The molecule has 150 valence electrons. The van der Waals surface area contributed by atoms with Crippen LogP contribution in [0.25, 0.3) is 0 Å². The molecule has 0 aromatic heterocycles. The molecule has 0 unspecified atom stereocenters. The fourth-order valence-electron chi connectivity index (χ4n) is 2.47. The van der Waals surface area contributed by atoms with Crippen molar-refractivity contribution in [1.82, 2.24) is 15.5 Å². The summed E-state index contributed by atoms with van der Waals surface area (Å²) in [6.07, 6.45) is 0. The van der Waals surface area contributed by atoms with E-state index in [0.717, 1.165) is 17.1 Å². The highest BCUT2D eigenvalue weighted by atomic mass is 16.5. The Hall–Kier alpha value is -3.22. The SMILES string of the molecule is CN=C(NCC(=O)NCc1ccc(OC)cc1)N(C)CCOc1ccccc1.